The van der Waals surface area contributed by atoms with E-state index in [9.17, 15) is 9.90 Å². The summed E-state index contributed by atoms with van der Waals surface area (Å²) in [6, 6.07) is 5.95. The van der Waals surface area contributed by atoms with E-state index in [0.29, 0.717) is 17.5 Å². The van der Waals surface area contributed by atoms with Crippen molar-refractivity contribution in [2.45, 2.75) is 52.0 Å². The minimum absolute atomic E-state index is 0.388. The van der Waals surface area contributed by atoms with E-state index in [1.165, 1.54) is 29.6 Å². The number of nitrogens with zero attached hydrogens (tertiary/aromatic N) is 1. The van der Waals surface area contributed by atoms with Gasteiger partial charge in [0, 0.05) is 22.6 Å². The fourth-order valence-corrected chi connectivity index (χ4v) is 3.61. The second-order valence-corrected chi connectivity index (χ2v) is 6.16. The molecule has 1 heterocycles. The zero-order chi connectivity index (χ0) is 14.4. The molecule has 2 aromatic rings. The molecule has 1 aliphatic carbocycles. The molecule has 1 unspecified atom stereocenters. The maximum atomic E-state index is 11.2. The number of fused-ring (bicyclic) bond motifs is 3. The van der Waals surface area contributed by atoms with Crippen LogP contribution in [0, 0.1) is 0 Å². The molecule has 1 aliphatic rings. The number of benzene rings is 1. The van der Waals surface area contributed by atoms with Gasteiger partial charge >= 0.3 is 5.97 Å². The Kier molecular flexibility index (Phi) is 3.08. The van der Waals surface area contributed by atoms with Crippen LogP contribution >= 0.6 is 0 Å². The number of aromatic nitrogens is 1. The molecule has 0 spiro atoms. The Labute approximate surface area is 119 Å². The quantitative estimate of drug-likeness (QED) is 0.881. The molecule has 1 aromatic heterocycles. The Morgan fingerprint density at radius 3 is 2.80 bits per heavy atom. The summed E-state index contributed by atoms with van der Waals surface area (Å²) >= 11 is 0. The first kappa shape index (κ1) is 13.2. The molecule has 0 fully saturated rings. The summed E-state index contributed by atoms with van der Waals surface area (Å²) in [6.07, 6.45) is 3.49. The minimum Gasteiger partial charge on any atom is -0.478 e. The molecule has 0 aliphatic heterocycles. The molecule has 1 N–H and O–H groups in total. The minimum atomic E-state index is -0.846. The number of carboxylic acids is 1. The van der Waals surface area contributed by atoms with Crippen molar-refractivity contribution in [1.29, 1.82) is 0 Å². The Balaban J connectivity index is 2.36. The summed E-state index contributed by atoms with van der Waals surface area (Å²) < 4.78 is 2.40. The molecule has 1 aromatic carbocycles. The topological polar surface area (TPSA) is 42.2 Å². The number of aromatic carboxylic acids is 1. The van der Waals surface area contributed by atoms with Gasteiger partial charge in [-0.05, 0) is 62.8 Å². The van der Waals surface area contributed by atoms with Crippen LogP contribution in [0.25, 0.3) is 10.9 Å². The lowest BCUT2D eigenvalue weighted by Gasteiger charge is -2.24. The summed E-state index contributed by atoms with van der Waals surface area (Å²) in [5.74, 6) is -0.288. The zero-order valence-corrected chi connectivity index (χ0v) is 12.3. The van der Waals surface area contributed by atoms with Gasteiger partial charge in [-0.3, -0.25) is 0 Å². The van der Waals surface area contributed by atoms with E-state index in [-0.39, 0.29) is 0 Å². The van der Waals surface area contributed by atoms with Crippen LogP contribution in [0.1, 0.15) is 67.2 Å². The van der Waals surface area contributed by atoms with Gasteiger partial charge in [-0.1, -0.05) is 6.92 Å². The van der Waals surface area contributed by atoms with Crippen molar-refractivity contribution in [3.05, 3.63) is 35.0 Å². The van der Waals surface area contributed by atoms with Crippen molar-refractivity contribution in [3.63, 3.8) is 0 Å². The first-order chi connectivity index (χ1) is 9.50. The van der Waals surface area contributed by atoms with Crippen LogP contribution in [-0.2, 0) is 6.42 Å². The summed E-state index contributed by atoms with van der Waals surface area (Å²) in [5, 5.41) is 10.3. The zero-order valence-electron chi connectivity index (χ0n) is 12.3. The Morgan fingerprint density at radius 2 is 2.15 bits per heavy atom. The lowest BCUT2D eigenvalue weighted by molar-refractivity contribution is 0.0697. The molecule has 3 rings (SSSR count). The molecule has 0 saturated carbocycles. The molecule has 106 valence electrons. The van der Waals surface area contributed by atoms with Crippen molar-refractivity contribution >= 4 is 16.9 Å². The maximum absolute atomic E-state index is 11.2. The summed E-state index contributed by atoms with van der Waals surface area (Å²) in [5.41, 5.74) is 4.36. The average Bonchev–Trinajstić information content (AvgIpc) is 2.74. The molecule has 0 amide bonds. The Bertz CT molecular complexity index is 682. The first-order valence-electron chi connectivity index (χ1n) is 7.40. The van der Waals surface area contributed by atoms with Gasteiger partial charge in [-0.15, -0.1) is 0 Å². The fraction of sp³-hybridized carbons (Fsp3) is 0.471. The van der Waals surface area contributed by atoms with E-state index in [2.05, 4.69) is 25.3 Å². The number of carbonyl (C=O) groups is 1. The number of hydrogen-bond acceptors (Lipinski definition) is 1. The smallest absolute Gasteiger partial charge is 0.335 e. The third-order valence-electron chi connectivity index (χ3n) is 4.44. The van der Waals surface area contributed by atoms with Crippen molar-refractivity contribution in [3.8, 4) is 0 Å². The number of carboxylic acid groups (broad SMARTS) is 1. The van der Waals surface area contributed by atoms with E-state index in [0.717, 1.165) is 11.8 Å². The highest BCUT2D eigenvalue weighted by molar-refractivity contribution is 5.95. The third kappa shape index (κ3) is 1.84. The van der Waals surface area contributed by atoms with Gasteiger partial charge < -0.3 is 9.67 Å². The third-order valence-corrected chi connectivity index (χ3v) is 4.44. The van der Waals surface area contributed by atoms with Crippen LogP contribution < -0.4 is 0 Å². The SMILES string of the molecule is CC1CCCc2c1n(C(C)C)c1ccc(C(=O)O)cc21. The highest BCUT2D eigenvalue weighted by atomic mass is 16.4. The standard InChI is InChI=1S/C17H21NO2/c1-10(2)18-15-8-7-12(17(19)20)9-14(15)13-6-4-5-11(3)16(13)18/h7-11H,4-6H2,1-3H3,(H,19,20). The summed E-state index contributed by atoms with van der Waals surface area (Å²) in [6.45, 7) is 6.69. The second-order valence-electron chi connectivity index (χ2n) is 6.16. The number of hydrogen-bond donors (Lipinski definition) is 1. The Hall–Kier alpha value is -1.77. The molecular weight excluding hydrogens is 250 g/mol. The van der Waals surface area contributed by atoms with Crippen molar-refractivity contribution in [2.24, 2.45) is 0 Å². The van der Waals surface area contributed by atoms with Crippen LogP contribution in [0.4, 0.5) is 0 Å². The predicted octanol–water partition coefficient (Wildman–Crippen LogP) is 4.36. The molecule has 0 bridgehead atoms. The second kappa shape index (κ2) is 4.65. The van der Waals surface area contributed by atoms with Crippen molar-refractivity contribution < 1.29 is 9.90 Å². The van der Waals surface area contributed by atoms with E-state index >= 15 is 0 Å². The van der Waals surface area contributed by atoms with E-state index in [1.807, 2.05) is 12.1 Å². The predicted molar refractivity (Wildman–Crippen MR) is 80.6 cm³/mol. The Morgan fingerprint density at radius 1 is 1.40 bits per heavy atom. The average molecular weight is 271 g/mol. The normalized spacial score (nSPS) is 18.5. The lowest BCUT2D eigenvalue weighted by Crippen LogP contribution is -2.13. The van der Waals surface area contributed by atoms with E-state index in [1.54, 1.807) is 6.07 Å². The van der Waals surface area contributed by atoms with Gasteiger partial charge in [-0.2, -0.15) is 0 Å². The maximum Gasteiger partial charge on any atom is 0.335 e. The van der Waals surface area contributed by atoms with Gasteiger partial charge in [-0.25, -0.2) is 4.79 Å². The van der Waals surface area contributed by atoms with Gasteiger partial charge in [0.2, 0.25) is 0 Å². The molecular formula is C17H21NO2. The van der Waals surface area contributed by atoms with Gasteiger partial charge in [0.25, 0.3) is 0 Å². The molecule has 20 heavy (non-hydrogen) atoms. The van der Waals surface area contributed by atoms with Crippen LogP contribution in [-0.4, -0.2) is 15.6 Å². The molecule has 0 saturated heterocycles. The summed E-state index contributed by atoms with van der Waals surface area (Å²) in [4.78, 5) is 11.2. The molecule has 3 heteroatoms. The molecule has 0 radical (unpaired) electrons. The number of aryl methyl sites for hydroxylation is 1. The molecule has 3 nitrogen and oxygen atoms in total. The lowest BCUT2D eigenvalue weighted by atomic mass is 9.87. The van der Waals surface area contributed by atoms with Crippen LogP contribution in [0.15, 0.2) is 18.2 Å². The van der Waals surface area contributed by atoms with Crippen LogP contribution in [0.5, 0.6) is 0 Å². The summed E-state index contributed by atoms with van der Waals surface area (Å²) in [7, 11) is 0. The van der Waals surface area contributed by atoms with Gasteiger partial charge in [0.05, 0.1) is 5.56 Å². The highest BCUT2D eigenvalue weighted by Gasteiger charge is 2.26. The van der Waals surface area contributed by atoms with E-state index in [4.69, 9.17) is 0 Å². The van der Waals surface area contributed by atoms with E-state index < -0.39 is 5.97 Å². The molecule has 1 atom stereocenters. The largest absolute Gasteiger partial charge is 0.478 e. The monoisotopic (exact) mass is 271 g/mol. The van der Waals surface area contributed by atoms with Crippen LogP contribution in [0.2, 0.25) is 0 Å². The number of rotatable bonds is 2. The van der Waals surface area contributed by atoms with Crippen molar-refractivity contribution in [2.75, 3.05) is 0 Å². The van der Waals surface area contributed by atoms with Gasteiger partial charge in [0.15, 0.2) is 0 Å². The highest BCUT2D eigenvalue weighted by Crippen LogP contribution is 2.40. The van der Waals surface area contributed by atoms with Crippen molar-refractivity contribution in [1.82, 2.24) is 4.57 Å². The fourth-order valence-electron chi connectivity index (χ4n) is 3.61. The van der Waals surface area contributed by atoms with Crippen LogP contribution in [0.3, 0.4) is 0 Å². The van der Waals surface area contributed by atoms with Gasteiger partial charge in [0.1, 0.15) is 0 Å². The first-order valence-corrected chi connectivity index (χ1v) is 7.40.